The number of halogens is 1. The van der Waals surface area contributed by atoms with E-state index in [2.05, 4.69) is 5.32 Å². The highest BCUT2D eigenvalue weighted by Gasteiger charge is 2.10. The third kappa shape index (κ3) is 4.50. The number of hydrogen-bond donors (Lipinski definition) is 3. The summed E-state index contributed by atoms with van der Waals surface area (Å²) < 4.78 is 5.71. The monoisotopic (exact) mass is 303 g/mol. The molecule has 2 aromatic carbocycles. The average molecular weight is 304 g/mol. The Bertz CT molecular complexity index is 659. The lowest BCUT2D eigenvalue weighted by Crippen LogP contribution is -2.21. The molecule has 0 aliphatic heterocycles. The Morgan fingerprint density at radius 1 is 1.24 bits per heavy atom. The first kappa shape index (κ1) is 14.9. The molecule has 4 N–H and O–H groups in total. The van der Waals surface area contributed by atoms with Crippen molar-refractivity contribution in [3.63, 3.8) is 0 Å². The van der Waals surface area contributed by atoms with E-state index in [-0.39, 0.29) is 12.3 Å². The van der Waals surface area contributed by atoms with Gasteiger partial charge in [-0.05, 0) is 30.3 Å². The topological polar surface area (TPSA) is 88.2 Å². The first-order chi connectivity index (χ1) is 10.0. The molecule has 0 saturated heterocycles. The third-order valence-electron chi connectivity index (χ3n) is 2.54. The van der Waals surface area contributed by atoms with Crippen LogP contribution in [0.2, 0.25) is 5.02 Å². The van der Waals surface area contributed by atoms with E-state index in [9.17, 15) is 4.79 Å². The second kappa shape index (κ2) is 6.76. The van der Waals surface area contributed by atoms with Crippen LogP contribution < -0.4 is 15.8 Å². The molecule has 0 aliphatic rings. The van der Waals surface area contributed by atoms with Gasteiger partial charge in [-0.1, -0.05) is 29.8 Å². The summed E-state index contributed by atoms with van der Waals surface area (Å²) in [5.74, 6) is 0.493. The molecule has 2 aromatic rings. The lowest BCUT2D eigenvalue weighted by molar-refractivity contribution is -0.115. The predicted molar refractivity (Wildman–Crippen MR) is 83.1 cm³/mol. The van der Waals surface area contributed by atoms with Gasteiger partial charge in [0.15, 0.2) is 5.75 Å². The summed E-state index contributed by atoms with van der Waals surface area (Å²) in [5, 5.41) is 10.2. The second-order valence-corrected chi connectivity index (χ2v) is 4.74. The van der Waals surface area contributed by atoms with Crippen molar-refractivity contribution in [2.45, 2.75) is 6.42 Å². The number of amides is 1. The predicted octanol–water partition coefficient (Wildman–Crippen LogP) is 3.40. The van der Waals surface area contributed by atoms with E-state index in [0.29, 0.717) is 22.2 Å². The van der Waals surface area contributed by atoms with Crippen molar-refractivity contribution >= 4 is 29.0 Å². The molecule has 0 bridgehead atoms. The van der Waals surface area contributed by atoms with Crippen molar-refractivity contribution in [1.29, 1.82) is 5.41 Å². The maximum absolute atomic E-state index is 11.7. The van der Waals surface area contributed by atoms with Gasteiger partial charge in [0.2, 0.25) is 5.91 Å². The number of benzene rings is 2. The average Bonchev–Trinajstić information content (AvgIpc) is 2.42. The van der Waals surface area contributed by atoms with Gasteiger partial charge in [0.05, 0.1) is 12.1 Å². The molecular formula is C15H14ClN3O2. The molecule has 2 rings (SSSR count). The lowest BCUT2D eigenvalue weighted by atomic mass is 10.2. The van der Waals surface area contributed by atoms with Crippen LogP contribution in [0.3, 0.4) is 0 Å². The standard InChI is InChI=1S/C15H14ClN3O2/c16-10-6-7-13(21-11-4-2-1-3-5-11)12(8-10)19-15(20)9-14(17)18/h1-8H,9H2,(H3,17,18)(H,19,20). The van der Waals surface area contributed by atoms with Crippen molar-refractivity contribution in [3.05, 3.63) is 53.6 Å². The fourth-order valence-electron chi connectivity index (χ4n) is 1.67. The minimum absolute atomic E-state index is 0.183. The summed E-state index contributed by atoms with van der Waals surface area (Å²) in [4.78, 5) is 11.7. The quantitative estimate of drug-likeness (QED) is 0.584. The Morgan fingerprint density at radius 3 is 2.62 bits per heavy atom. The summed E-state index contributed by atoms with van der Waals surface area (Å²) in [7, 11) is 0. The van der Waals surface area contributed by atoms with Gasteiger partial charge in [-0.15, -0.1) is 0 Å². The number of rotatable bonds is 5. The summed E-state index contributed by atoms with van der Waals surface area (Å²) in [5.41, 5.74) is 5.63. The summed E-state index contributed by atoms with van der Waals surface area (Å²) >= 11 is 5.94. The van der Waals surface area contributed by atoms with Crippen LogP contribution in [-0.2, 0) is 4.79 Å². The lowest BCUT2D eigenvalue weighted by Gasteiger charge is -2.12. The normalized spacial score (nSPS) is 9.95. The van der Waals surface area contributed by atoms with E-state index >= 15 is 0 Å². The smallest absolute Gasteiger partial charge is 0.232 e. The van der Waals surface area contributed by atoms with Crippen LogP contribution in [-0.4, -0.2) is 11.7 Å². The van der Waals surface area contributed by atoms with E-state index in [0.717, 1.165) is 0 Å². The minimum Gasteiger partial charge on any atom is -0.455 e. The molecule has 0 aliphatic carbocycles. The zero-order valence-electron chi connectivity index (χ0n) is 11.1. The highest BCUT2D eigenvalue weighted by atomic mass is 35.5. The van der Waals surface area contributed by atoms with Gasteiger partial charge in [-0.25, -0.2) is 0 Å². The second-order valence-electron chi connectivity index (χ2n) is 4.31. The Balaban J connectivity index is 2.21. The van der Waals surface area contributed by atoms with Gasteiger partial charge in [0.1, 0.15) is 11.6 Å². The van der Waals surface area contributed by atoms with Crippen molar-refractivity contribution in [1.82, 2.24) is 0 Å². The van der Waals surface area contributed by atoms with E-state index in [1.165, 1.54) is 0 Å². The molecule has 1 amide bonds. The molecule has 6 heteroatoms. The molecule has 21 heavy (non-hydrogen) atoms. The number of nitrogens with one attached hydrogen (secondary N) is 2. The molecule has 0 unspecified atom stereocenters. The maximum Gasteiger partial charge on any atom is 0.232 e. The van der Waals surface area contributed by atoms with Crippen LogP contribution >= 0.6 is 11.6 Å². The highest BCUT2D eigenvalue weighted by Crippen LogP contribution is 2.32. The Morgan fingerprint density at radius 2 is 1.95 bits per heavy atom. The van der Waals surface area contributed by atoms with Crippen LogP contribution in [0.1, 0.15) is 6.42 Å². The van der Waals surface area contributed by atoms with Gasteiger partial charge in [0.25, 0.3) is 0 Å². The zero-order valence-corrected chi connectivity index (χ0v) is 11.9. The number of amidine groups is 1. The van der Waals surface area contributed by atoms with E-state index < -0.39 is 5.91 Å². The number of carbonyl (C=O) groups excluding carboxylic acids is 1. The van der Waals surface area contributed by atoms with Crippen LogP contribution in [0.4, 0.5) is 5.69 Å². The number of ether oxygens (including phenoxy) is 1. The Labute approximate surface area is 127 Å². The van der Waals surface area contributed by atoms with Crippen molar-refractivity contribution in [3.8, 4) is 11.5 Å². The molecule has 5 nitrogen and oxygen atoms in total. The number of hydrogen-bond acceptors (Lipinski definition) is 3. The van der Waals surface area contributed by atoms with E-state index in [1.54, 1.807) is 30.3 Å². The fourth-order valence-corrected chi connectivity index (χ4v) is 1.84. The maximum atomic E-state index is 11.7. The molecule has 0 aromatic heterocycles. The molecule has 0 fully saturated rings. The van der Waals surface area contributed by atoms with Gasteiger partial charge in [0, 0.05) is 5.02 Å². The third-order valence-corrected chi connectivity index (χ3v) is 2.77. The zero-order chi connectivity index (χ0) is 15.2. The number of para-hydroxylation sites is 1. The Kier molecular flexibility index (Phi) is 4.79. The molecule has 108 valence electrons. The summed E-state index contributed by atoms with van der Waals surface area (Å²) in [6, 6.07) is 14.1. The first-order valence-electron chi connectivity index (χ1n) is 6.20. The number of anilines is 1. The van der Waals surface area contributed by atoms with Crippen molar-refractivity contribution < 1.29 is 9.53 Å². The number of nitrogens with two attached hydrogens (primary N) is 1. The van der Waals surface area contributed by atoms with Crippen LogP contribution in [0.5, 0.6) is 11.5 Å². The van der Waals surface area contributed by atoms with Gasteiger partial charge < -0.3 is 15.8 Å². The highest BCUT2D eigenvalue weighted by molar-refractivity contribution is 6.31. The van der Waals surface area contributed by atoms with Crippen molar-refractivity contribution in [2.24, 2.45) is 5.73 Å². The van der Waals surface area contributed by atoms with Crippen LogP contribution in [0, 0.1) is 5.41 Å². The molecule has 0 radical (unpaired) electrons. The molecule has 0 saturated carbocycles. The molecule has 0 spiro atoms. The first-order valence-corrected chi connectivity index (χ1v) is 6.57. The SMILES string of the molecule is N=C(N)CC(=O)Nc1cc(Cl)ccc1Oc1ccccc1. The van der Waals surface area contributed by atoms with Crippen molar-refractivity contribution in [2.75, 3.05) is 5.32 Å². The van der Waals surface area contributed by atoms with Gasteiger partial charge >= 0.3 is 0 Å². The van der Waals surface area contributed by atoms with E-state index in [4.69, 9.17) is 27.5 Å². The molecule has 0 heterocycles. The molecular weight excluding hydrogens is 290 g/mol. The van der Waals surface area contributed by atoms with Gasteiger partial charge in [-0.2, -0.15) is 0 Å². The Hall–Kier alpha value is -2.53. The van der Waals surface area contributed by atoms with Gasteiger partial charge in [-0.3, -0.25) is 10.2 Å². The minimum atomic E-state index is -0.400. The largest absolute Gasteiger partial charge is 0.455 e. The summed E-state index contributed by atoms with van der Waals surface area (Å²) in [6.45, 7) is 0. The number of carbonyl (C=O) groups is 1. The summed E-state index contributed by atoms with van der Waals surface area (Å²) in [6.07, 6.45) is -0.183. The molecule has 0 atom stereocenters. The fraction of sp³-hybridized carbons (Fsp3) is 0.0667. The van der Waals surface area contributed by atoms with Crippen LogP contribution in [0.25, 0.3) is 0 Å². The van der Waals surface area contributed by atoms with Crippen LogP contribution in [0.15, 0.2) is 48.5 Å². The van der Waals surface area contributed by atoms with E-state index in [1.807, 2.05) is 18.2 Å².